The molecule has 2 N–H and O–H groups in total. The third kappa shape index (κ3) is 3.50. The van der Waals surface area contributed by atoms with E-state index in [9.17, 15) is 0 Å². The predicted octanol–water partition coefficient (Wildman–Crippen LogP) is 2.39. The van der Waals surface area contributed by atoms with Crippen LogP contribution in [-0.4, -0.2) is 9.78 Å². The second-order valence-electron chi connectivity index (χ2n) is 3.90. The summed E-state index contributed by atoms with van der Waals surface area (Å²) < 4.78 is 1.81. The number of unbranched alkanes of at least 4 members (excludes halogenated alkanes) is 3. The number of hydrogen-bond donors (Lipinski definition) is 1. The third-order valence-corrected chi connectivity index (χ3v) is 2.52. The Labute approximate surface area is 86.3 Å². The van der Waals surface area contributed by atoms with E-state index in [1.54, 1.807) is 4.68 Å². The molecule has 0 radical (unpaired) electrons. The summed E-state index contributed by atoms with van der Waals surface area (Å²) in [7, 11) is 1.92. The number of rotatable bonds is 6. The van der Waals surface area contributed by atoms with Crippen LogP contribution >= 0.6 is 0 Å². The van der Waals surface area contributed by atoms with Crippen LogP contribution in [0.15, 0.2) is 12.4 Å². The molecule has 0 aliphatic heterocycles. The highest BCUT2D eigenvalue weighted by molar-refractivity contribution is 5.08. The van der Waals surface area contributed by atoms with Gasteiger partial charge < -0.3 is 5.73 Å². The van der Waals surface area contributed by atoms with E-state index in [2.05, 4.69) is 12.0 Å². The van der Waals surface area contributed by atoms with Crippen LogP contribution in [0.2, 0.25) is 0 Å². The molecule has 80 valence electrons. The molecule has 0 saturated heterocycles. The second kappa shape index (κ2) is 5.81. The van der Waals surface area contributed by atoms with Gasteiger partial charge in [0.1, 0.15) is 0 Å². The minimum Gasteiger partial charge on any atom is -0.324 e. The highest BCUT2D eigenvalue weighted by Crippen LogP contribution is 2.16. The topological polar surface area (TPSA) is 43.8 Å². The fraction of sp³-hybridized carbons (Fsp3) is 0.727. The van der Waals surface area contributed by atoms with Crippen molar-refractivity contribution < 1.29 is 0 Å². The van der Waals surface area contributed by atoms with Crippen molar-refractivity contribution in [3.63, 3.8) is 0 Å². The summed E-state index contributed by atoms with van der Waals surface area (Å²) in [6.07, 6.45) is 10.1. The lowest BCUT2D eigenvalue weighted by Gasteiger charge is -2.08. The lowest BCUT2D eigenvalue weighted by molar-refractivity contribution is 0.566. The van der Waals surface area contributed by atoms with Crippen molar-refractivity contribution in [1.29, 1.82) is 0 Å². The van der Waals surface area contributed by atoms with Gasteiger partial charge in [-0.1, -0.05) is 32.6 Å². The molecular formula is C11H21N3. The summed E-state index contributed by atoms with van der Waals surface area (Å²) >= 11 is 0. The van der Waals surface area contributed by atoms with E-state index in [1.807, 2.05) is 19.4 Å². The Kier molecular flexibility index (Phi) is 4.66. The molecular weight excluding hydrogens is 174 g/mol. The maximum atomic E-state index is 6.04. The Morgan fingerprint density at radius 1 is 1.43 bits per heavy atom. The van der Waals surface area contributed by atoms with Crippen LogP contribution in [0.4, 0.5) is 0 Å². The third-order valence-electron chi connectivity index (χ3n) is 2.52. The molecule has 0 fully saturated rings. The summed E-state index contributed by atoms with van der Waals surface area (Å²) in [4.78, 5) is 0. The van der Waals surface area contributed by atoms with Crippen molar-refractivity contribution in [1.82, 2.24) is 9.78 Å². The van der Waals surface area contributed by atoms with Gasteiger partial charge in [0.15, 0.2) is 0 Å². The van der Waals surface area contributed by atoms with Crippen LogP contribution in [0.25, 0.3) is 0 Å². The van der Waals surface area contributed by atoms with Gasteiger partial charge in [-0.3, -0.25) is 4.68 Å². The first-order chi connectivity index (χ1) is 6.74. The van der Waals surface area contributed by atoms with E-state index in [-0.39, 0.29) is 6.04 Å². The lowest BCUT2D eigenvalue weighted by Crippen LogP contribution is -2.09. The van der Waals surface area contributed by atoms with Gasteiger partial charge in [-0.25, -0.2) is 0 Å². The molecule has 1 heterocycles. The molecule has 1 atom stereocenters. The van der Waals surface area contributed by atoms with Gasteiger partial charge in [0, 0.05) is 24.8 Å². The summed E-state index contributed by atoms with van der Waals surface area (Å²) in [5, 5.41) is 4.12. The van der Waals surface area contributed by atoms with Crippen LogP contribution in [0.5, 0.6) is 0 Å². The van der Waals surface area contributed by atoms with Gasteiger partial charge in [-0.05, 0) is 6.42 Å². The molecule has 0 amide bonds. The Morgan fingerprint density at radius 2 is 2.21 bits per heavy atom. The van der Waals surface area contributed by atoms with Gasteiger partial charge in [0.05, 0.1) is 6.20 Å². The minimum absolute atomic E-state index is 0.167. The van der Waals surface area contributed by atoms with Crippen LogP contribution in [0, 0.1) is 0 Å². The Hall–Kier alpha value is -0.830. The molecule has 3 nitrogen and oxygen atoms in total. The zero-order chi connectivity index (χ0) is 10.4. The van der Waals surface area contributed by atoms with Crippen molar-refractivity contribution in [3.05, 3.63) is 18.0 Å². The first kappa shape index (κ1) is 11.2. The number of aryl methyl sites for hydroxylation is 1. The summed E-state index contributed by atoms with van der Waals surface area (Å²) in [5.74, 6) is 0. The number of hydrogen-bond acceptors (Lipinski definition) is 2. The predicted molar refractivity (Wildman–Crippen MR) is 58.9 cm³/mol. The number of nitrogens with two attached hydrogens (primary N) is 1. The van der Waals surface area contributed by atoms with Crippen LogP contribution < -0.4 is 5.73 Å². The molecule has 0 saturated carbocycles. The first-order valence-electron chi connectivity index (χ1n) is 5.48. The Morgan fingerprint density at radius 3 is 2.79 bits per heavy atom. The van der Waals surface area contributed by atoms with Crippen molar-refractivity contribution in [2.45, 2.75) is 45.1 Å². The monoisotopic (exact) mass is 195 g/mol. The van der Waals surface area contributed by atoms with E-state index in [0.717, 1.165) is 12.0 Å². The van der Waals surface area contributed by atoms with E-state index in [0.29, 0.717) is 0 Å². The van der Waals surface area contributed by atoms with E-state index < -0.39 is 0 Å². The second-order valence-corrected chi connectivity index (χ2v) is 3.90. The van der Waals surface area contributed by atoms with Crippen molar-refractivity contribution in [2.24, 2.45) is 12.8 Å². The molecule has 0 bridgehead atoms. The number of nitrogens with zero attached hydrogens (tertiary/aromatic N) is 2. The SMILES string of the molecule is CCCCCCC(N)c1cnn(C)c1. The fourth-order valence-electron chi connectivity index (χ4n) is 1.59. The standard InChI is InChI=1S/C11H21N3/c1-3-4-5-6-7-11(12)10-8-13-14(2)9-10/h8-9,11H,3-7,12H2,1-2H3. The van der Waals surface area contributed by atoms with E-state index in [4.69, 9.17) is 5.73 Å². The Bertz CT molecular complexity index is 255. The van der Waals surface area contributed by atoms with Gasteiger partial charge in [0.25, 0.3) is 0 Å². The molecule has 1 rings (SSSR count). The van der Waals surface area contributed by atoms with E-state index in [1.165, 1.54) is 25.7 Å². The smallest absolute Gasteiger partial charge is 0.0537 e. The van der Waals surface area contributed by atoms with Crippen molar-refractivity contribution >= 4 is 0 Å². The summed E-state index contributed by atoms with van der Waals surface area (Å²) in [6, 6.07) is 0.167. The van der Waals surface area contributed by atoms with Gasteiger partial charge >= 0.3 is 0 Å². The molecule has 0 aliphatic carbocycles. The van der Waals surface area contributed by atoms with E-state index >= 15 is 0 Å². The molecule has 1 unspecified atom stereocenters. The summed E-state index contributed by atoms with van der Waals surface area (Å²) in [5.41, 5.74) is 7.19. The fourth-order valence-corrected chi connectivity index (χ4v) is 1.59. The van der Waals surface area contributed by atoms with Gasteiger partial charge in [-0.2, -0.15) is 5.10 Å². The lowest BCUT2D eigenvalue weighted by atomic mass is 10.0. The van der Waals surface area contributed by atoms with Crippen LogP contribution in [-0.2, 0) is 7.05 Å². The molecule has 0 aromatic carbocycles. The zero-order valence-electron chi connectivity index (χ0n) is 9.24. The average Bonchev–Trinajstić information content (AvgIpc) is 2.59. The molecule has 1 aromatic rings. The molecule has 1 aromatic heterocycles. The molecule has 14 heavy (non-hydrogen) atoms. The van der Waals surface area contributed by atoms with Crippen LogP contribution in [0.3, 0.4) is 0 Å². The Balaban J connectivity index is 2.25. The highest BCUT2D eigenvalue weighted by Gasteiger charge is 2.06. The molecule has 0 aliphatic rings. The first-order valence-corrected chi connectivity index (χ1v) is 5.48. The van der Waals surface area contributed by atoms with Crippen molar-refractivity contribution in [2.75, 3.05) is 0 Å². The summed E-state index contributed by atoms with van der Waals surface area (Å²) in [6.45, 7) is 2.22. The maximum Gasteiger partial charge on any atom is 0.0537 e. The average molecular weight is 195 g/mol. The molecule has 0 spiro atoms. The largest absolute Gasteiger partial charge is 0.324 e. The highest BCUT2D eigenvalue weighted by atomic mass is 15.2. The van der Waals surface area contributed by atoms with Crippen molar-refractivity contribution in [3.8, 4) is 0 Å². The van der Waals surface area contributed by atoms with Gasteiger partial charge in [-0.15, -0.1) is 0 Å². The zero-order valence-corrected chi connectivity index (χ0v) is 9.24. The molecule has 3 heteroatoms. The maximum absolute atomic E-state index is 6.04. The quantitative estimate of drug-likeness (QED) is 0.708. The number of aromatic nitrogens is 2. The van der Waals surface area contributed by atoms with Gasteiger partial charge in [0.2, 0.25) is 0 Å². The normalized spacial score (nSPS) is 13.1. The minimum atomic E-state index is 0.167. The van der Waals surface area contributed by atoms with Crippen LogP contribution in [0.1, 0.15) is 50.6 Å².